The van der Waals surface area contributed by atoms with Gasteiger partial charge in [0, 0.05) is 38.9 Å². The van der Waals surface area contributed by atoms with E-state index in [2.05, 4.69) is 170 Å². The Morgan fingerprint density at radius 3 is 1.77 bits per heavy atom. The van der Waals surface area contributed by atoms with Crippen LogP contribution in [0.1, 0.15) is 40.3 Å². The third kappa shape index (κ3) is 5.87. The van der Waals surface area contributed by atoms with Crippen molar-refractivity contribution in [3.8, 4) is 22.5 Å². The molecule has 3 nitrogen and oxygen atoms in total. The molecule has 10 rings (SSSR count). The van der Waals surface area contributed by atoms with Crippen LogP contribution in [0, 0.1) is 0 Å². The van der Waals surface area contributed by atoms with Crippen molar-refractivity contribution in [2.75, 3.05) is 0 Å². The molecule has 53 heavy (non-hydrogen) atoms. The summed E-state index contributed by atoms with van der Waals surface area (Å²) in [7, 11) is 0. The van der Waals surface area contributed by atoms with E-state index in [1.54, 1.807) is 0 Å². The Morgan fingerprint density at radius 2 is 1.04 bits per heavy atom. The highest BCUT2D eigenvalue weighted by Gasteiger charge is 2.17. The third-order valence-electron chi connectivity index (χ3n) is 10.6. The maximum Gasteiger partial charge on any atom is 0.0972 e. The zero-order valence-corrected chi connectivity index (χ0v) is 29.2. The van der Waals surface area contributed by atoms with Crippen LogP contribution >= 0.6 is 0 Å². The highest BCUT2D eigenvalue weighted by Crippen LogP contribution is 2.35. The van der Waals surface area contributed by atoms with Crippen LogP contribution in [0.5, 0.6) is 0 Å². The summed E-state index contributed by atoms with van der Waals surface area (Å²) in [5.41, 5.74) is 15.6. The van der Waals surface area contributed by atoms with E-state index < -0.39 is 0 Å². The third-order valence-corrected chi connectivity index (χ3v) is 10.6. The molecule has 0 bridgehead atoms. The SMILES string of the molecule is C1=CC(c2cccc(C3=CCc4c(ccc5ccc(-c6ccccc6)nc45)C=C3)c2)=CC(c2ccc3ccc4ccc(-c5ccccc5)nc4c3n2)C1. The van der Waals surface area contributed by atoms with Gasteiger partial charge in [-0.05, 0) is 70.5 Å². The quantitative estimate of drug-likeness (QED) is 0.170. The summed E-state index contributed by atoms with van der Waals surface area (Å²) in [5.74, 6) is 0.170. The van der Waals surface area contributed by atoms with Crippen molar-refractivity contribution < 1.29 is 0 Å². The van der Waals surface area contributed by atoms with Gasteiger partial charge in [-0.25, -0.2) is 15.0 Å². The molecule has 0 spiro atoms. The molecular formula is C50H35N3. The summed E-state index contributed by atoms with van der Waals surface area (Å²) in [6.45, 7) is 0. The van der Waals surface area contributed by atoms with Crippen LogP contribution in [0.15, 0.2) is 176 Å². The van der Waals surface area contributed by atoms with Crippen molar-refractivity contribution in [2.24, 2.45) is 0 Å². The van der Waals surface area contributed by atoms with Gasteiger partial charge in [0.25, 0.3) is 0 Å². The van der Waals surface area contributed by atoms with Gasteiger partial charge in [0.1, 0.15) is 0 Å². The van der Waals surface area contributed by atoms with Gasteiger partial charge in [0.15, 0.2) is 0 Å². The van der Waals surface area contributed by atoms with E-state index in [1.807, 2.05) is 12.1 Å². The van der Waals surface area contributed by atoms with Crippen molar-refractivity contribution in [1.29, 1.82) is 0 Å². The minimum Gasteiger partial charge on any atom is -0.250 e. The molecule has 0 saturated carbocycles. The lowest BCUT2D eigenvalue weighted by molar-refractivity contribution is 0.825. The number of nitrogens with zero attached hydrogens (tertiary/aromatic N) is 3. The Kier molecular flexibility index (Phi) is 7.69. The van der Waals surface area contributed by atoms with Crippen LogP contribution in [0.3, 0.4) is 0 Å². The molecule has 0 fully saturated rings. The van der Waals surface area contributed by atoms with Crippen LogP contribution in [0.4, 0.5) is 0 Å². The standard InChI is InChI=1S/C50H35N3/c1-3-9-35(10-4-1)45-28-24-37-20-19-34-18-17-33(23-27-44(34)48(37)51-45)40-13-7-14-41(31-40)42-15-8-16-43(32-42)47-30-26-39-22-21-38-25-29-46(36-11-5-2-6-12-36)52-49(38)50(39)53-47/h1-15,17-26,28-32,43H,16,27H2. The maximum absolute atomic E-state index is 5.29. The summed E-state index contributed by atoms with van der Waals surface area (Å²) in [6, 6.07) is 51.4. The van der Waals surface area contributed by atoms with Gasteiger partial charge in [-0.2, -0.15) is 0 Å². The highest BCUT2D eigenvalue weighted by atomic mass is 14.8. The fraction of sp³-hybridized carbons (Fsp3) is 0.0600. The first kappa shape index (κ1) is 31.1. The predicted molar refractivity (Wildman–Crippen MR) is 221 cm³/mol. The monoisotopic (exact) mass is 677 g/mol. The molecule has 0 amide bonds. The average molecular weight is 678 g/mol. The molecule has 3 aromatic heterocycles. The molecule has 1 unspecified atom stereocenters. The predicted octanol–water partition coefficient (Wildman–Crippen LogP) is 12.4. The number of pyridine rings is 3. The zero-order chi connectivity index (χ0) is 35.1. The van der Waals surface area contributed by atoms with Crippen molar-refractivity contribution in [2.45, 2.75) is 18.8 Å². The van der Waals surface area contributed by atoms with Gasteiger partial charge >= 0.3 is 0 Å². The second kappa shape index (κ2) is 13.1. The average Bonchev–Trinajstić information content (AvgIpc) is 3.47. The van der Waals surface area contributed by atoms with Gasteiger partial charge < -0.3 is 0 Å². The fourth-order valence-electron chi connectivity index (χ4n) is 7.79. The highest BCUT2D eigenvalue weighted by molar-refractivity contribution is 6.03. The Balaban J connectivity index is 0.961. The maximum atomic E-state index is 5.29. The summed E-state index contributed by atoms with van der Waals surface area (Å²) < 4.78 is 0. The summed E-state index contributed by atoms with van der Waals surface area (Å²) >= 11 is 0. The Bertz CT molecular complexity index is 2830. The molecule has 3 heterocycles. The number of benzene rings is 5. The number of rotatable bonds is 5. The largest absolute Gasteiger partial charge is 0.250 e. The number of fused-ring (bicyclic) bond motifs is 6. The van der Waals surface area contributed by atoms with Gasteiger partial charge in [-0.15, -0.1) is 0 Å². The fourth-order valence-corrected chi connectivity index (χ4v) is 7.79. The topological polar surface area (TPSA) is 38.7 Å². The van der Waals surface area contributed by atoms with Crippen molar-refractivity contribution in [3.05, 3.63) is 204 Å². The van der Waals surface area contributed by atoms with Crippen LogP contribution in [0.2, 0.25) is 0 Å². The van der Waals surface area contributed by atoms with Crippen LogP contribution in [-0.4, -0.2) is 15.0 Å². The van der Waals surface area contributed by atoms with Crippen LogP contribution < -0.4 is 0 Å². The minimum absolute atomic E-state index is 0.170. The molecule has 5 aromatic carbocycles. The molecule has 3 heteroatoms. The van der Waals surface area contributed by atoms with Crippen molar-refractivity contribution in [1.82, 2.24) is 15.0 Å². The molecule has 250 valence electrons. The number of hydrogen-bond acceptors (Lipinski definition) is 3. The van der Waals surface area contributed by atoms with Gasteiger partial charge in [0.05, 0.1) is 27.9 Å². The Morgan fingerprint density at radius 1 is 0.453 bits per heavy atom. The first-order valence-electron chi connectivity index (χ1n) is 18.3. The minimum atomic E-state index is 0.170. The molecular weight excluding hydrogens is 643 g/mol. The van der Waals surface area contributed by atoms with E-state index in [0.717, 1.165) is 68.4 Å². The summed E-state index contributed by atoms with van der Waals surface area (Å²) in [4.78, 5) is 15.6. The molecule has 0 saturated heterocycles. The van der Waals surface area contributed by atoms with Crippen LogP contribution in [0.25, 0.3) is 72.4 Å². The molecule has 0 N–H and O–H groups in total. The molecule has 0 aliphatic heterocycles. The number of allylic oxidation sites excluding steroid dienone is 7. The lowest BCUT2D eigenvalue weighted by Crippen LogP contribution is -2.02. The first-order valence-corrected chi connectivity index (χ1v) is 18.3. The second-order valence-corrected chi connectivity index (χ2v) is 13.9. The molecule has 8 aromatic rings. The zero-order valence-electron chi connectivity index (χ0n) is 29.2. The summed E-state index contributed by atoms with van der Waals surface area (Å²) in [5, 5.41) is 3.38. The summed E-state index contributed by atoms with van der Waals surface area (Å²) in [6.07, 6.45) is 15.5. The van der Waals surface area contributed by atoms with Crippen molar-refractivity contribution in [3.63, 3.8) is 0 Å². The lowest BCUT2D eigenvalue weighted by atomic mass is 9.88. The number of aromatic nitrogens is 3. The Hall–Kier alpha value is -6.71. The Labute approximate surface area is 309 Å². The van der Waals surface area contributed by atoms with Crippen molar-refractivity contribution >= 4 is 49.9 Å². The van der Waals surface area contributed by atoms with E-state index in [9.17, 15) is 0 Å². The van der Waals surface area contributed by atoms with E-state index in [0.29, 0.717) is 0 Å². The molecule has 2 aliphatic rings. The van der Waals surface area contributed by atoms with E-state index >= 15 is 0 Å². The molecule has 2 aliphatic carbocycles. The van der Waals surface area contributed by atoms with E-state index in [-0.39, 0.29) is 5.92 Å². The molecule has 0 radical (unpaired) electrons. The van der Waals surface area contributed by atoms with E-state index in [1.165, 1.54) is 38.8 Å². The second-order valence-electron chi connectivity index (χ2n) is 13.9. The molecule has 1 atom stereocenters. The van der Waals surface area contributed by atoms with Gasteiger partial charge in [-0.3, -0.25) is 0 Å². The van der Waals surface area contributed by atoms with Gasteiger partial charge in [-0.1, -0.05) is 158 Å². The first-order chi connectivity index (χ1) is 26.2. The number of hydrogen-bond donors (Lipinski definition) is 0. The normalized spacial score (nSPS) is 15.3. The van der Waals surface area contributed by atoms with Gasteiger partial charge in [0.2, 0.25) is 0 Å². The van der Waals surface area contributed by atoms with E-state index in [4.69, 9.17) is 15.0 Å². The lowest BCUT2D eigenvalue weighted by Gasteiger charge is -2.18. The van der Waals surface area contributed by atoms with Crippen LogP contribution in [-0.2, 0) is 6.42 Å². The smallest absolute Gasteiger partial charge is 0.0972 e.